The molecule has 2 amide bonds. The molecule has 0 bridgehead atoms. The lowest BCUT2D eigenvalue weighted by atomic mass is 10.1. The first-order valence-corrected chi connectivity index (χ1v) is 8.88. The summed E-state index contributed by atoms with van der Waals surface area (Å²) in [5.41, 5.74) is 2.99. The highest BCUT2D eigenvalue weighted by Crippen LogP contribution is 2.31. The molecule has 136 valence electrons. The van der Waals surface area contributed by atoms with E-state index in [0.717, 1.165) is 18.4 Å². The van der Waals surface area contributed by atoms with Crippen molar-refractivity contribution in [3.63, 3.8) is 0 Å². The van der Waals surface area contributed by atoms with E-state index in [1.54, 1.807) is 31.4 Å². The van der Waals surface area contributed by atoms with Gasteiger partial charge in [0.15, 0.2) is 0 Å². The molecule has 0 unspecified atom stereocenters. The van der Waals surface area contributed by atoms with Crippen molar-refractivity contribution >= 4 is 34.8 Å². The number of halogens is 1. The number of ether oxygens (including phenoxy) is 1. The normalized spacial score (nSPS) is 13.2. The molecular formula is C20H21ClN2O3. The van der Waals surface area contributed by atoms with Crippen molar-refractivity contribution in [2.75, 3.05) is 17.7 Å². The third-order valence-electron chi connectivity index (χ3n) is 4.32. The second-order valence-electron chi connectivity index (χ2n) is 6.47. The van der Waals surface area contributed by atoms with Crippen LogP contribution >= 0.6 is 11.6 Å². The smallest absolute Gasteiger partial charge is 0.228 e. The number of anilines is 2. The van der Waals surface area contributed by atoms with Crippen molar-refractivity contribution in [3.05, 3.63) is 52.5 Å². The zero-order valence-corrected chi connectivity index (χ0v) is 15.5. The second-order valence-corrected chi connectivity index (χ2v) is 6.91. The van der Waals surface area contributed by atoms with Gasteiger partial charge in [-0.15, -0.1) is 0 Å². The molecule has 3 rings (SSSR count). The molecule has 0 saturated heterocycles. The molecule has 0 aromatic heterocycles. The summed E-state index contributed by atoms with van der Waals surface area (Å²) >= 11 is 6.02. The van der Waals surface area contributed by atoms with E-state index < -0.39 is 0 Å². The van der Waals surface area contributed by atoms with Gasteiger partial charge < -0.3 is 15.4 Å². The molecule has 1 aliphatic rings. The van der Waals surface area contributed by atoms with Crippen molar-refractivity contribution < 1.29 is 14.3 Å². The van der Waals surface area contributed by atoms with Gasteiger partial charge in [-0.25, -0.2) is 0 Å². The van der Waals surface area contributed by atoms with Crippen LogP contribution in [0.3, 0.4) is 0 Å². The van der Waals surface area contributed by atoms with Crippen LogP contribution in [0.15, 0.2) is 36.4 Å². The Labute approximate surface area is 157 Å². The van der Waals surface area contributed by atoms with Gasteiger partial charge in [-0.2, -0.15) is 0 Å². The third-order valence-corrected chi connectivity index (χ3v) is 4.56. The van der Waals surface area contributed by atoms with Crippen molar-refractivity contribution in [2.45, 2.75) is 26.2 Å². The van der Waals surface area contributed by atoms with Crippen LogP contribution < -0.4 is 15.4 Å². The van der Waals surface area contributed by atoms with Gasteiger partial charge in [0.05, 0.1) is 13.5 Å². The average molecular weight is 373 g/mol. The lowest BCUT2D eigenvalue weighted by molar-refractivity contribution is -0.117. The predicted molar refractivity (Wildman–Crippen MR) is 103 cm³/mol. The molecule has 0 aliphatic heterocycles. The summed E-state index contributed by atoms with van der Waals surface area (Å²) in [6, 6.07) is 10.7. The zero-order chi connectivity index (χ0) is 18.7. The SMILES string of the molecule is COc1ccc(Cl)cc1CC(=O)Nc1cc(NC(=O)C2CC2)ccc1C. The highest BCUT2D eigenvalue weighted by atomic mass is 35.5. The molecule has 0 spiro atoms. The molecule has 2 N–H and O–H groups in total. The van der Waals surface area contributed by atoms with Gasteiger partial charge in [-0.05, 0) is 55.7 Å². The summed E-state index contributed by atoms with van der Waals surface area (Å²) in [4.78, 5) is 24.4. The minimum absolute atomic E-state index is 0.0368. The van der Waals surface area contributed by atoms with Crippen LogP contribution in [0.2, 0.25) is 5.02 Å². The molecule has 5 nitrogen and oxygen atoms in total. The highest BCUT2D eigenvalue weighted by molar-refractivity contribution is 6.30. The van der Waals surface area contributed by atoms with E-state index in [2.05, 4.69) is 10.6 Å². The van der Waals surface area contributed by atoms with Crippen molar-refractivity contribution in [1.29, 1.82) is 0 Å². The number of rotatable bonds is 6. The van der Waals surface area contributed by atoms with Gasteiger partial charge in [0.2, 0.25) is 11.8 Å². The first-order chi connectivity index (χ1) is 12.5. The van der Waals surface area contributed by atoms with Crippen LogP contribution in [-0.4, -0.2) is 18.9 Å². The average Bonchev–Trinajstić information content (AvgIpc) is 3.43. The maximum atomic E-state index is 12.5. The Kier molecular flexibility index (Phi) is 5.47. The molecule has 0 radical (unpaired) electrons. The van der Waals surface area contributed by atoms with E-state index in [4.69, 9.17) is 16.3 Å². The van der Waals surface area contributed by atoms with Gasteiger partial charge in [0.25, 0.3) is 0 Å². The van der Waals surface area contributed by atoms with Crippen LogP contribution in [-0.2, 0) is 16.0 Å². The second kappa shape index (κ2) is 7.79. The van der Waals surface area contributed by atoms with Crippen molar-refractivity contribution in [2.24, 2.45) is 5.92 Å². The number of hydrogen-bond donors (Lipinski definition) is 2. The Morgan fingerprint density at radius 1 is 1.15 bits per heavy atom. The lowest BCUT2D eigenvalue weighted by Gasteiger charge is -2.13. The van der Waals surface area contributed by atoms with Crippen LogP contribution in [0.25, 0.3) is 0 Å². The first-order valence-electron chi connectivity index (χ1n) is 8.50. The fourth-order valence-electron chi connectivity index (χ4n) is 2.68. The Hall–Kier alpha value is -2.53. The lowest BCUT2D eigenvalue weighted by Crippen LogP contribution is -2.17. The maximum absolute atomic E-state index is 12.5. The molecule has 2 aromatic carbocycles. The third kappa shape index (κ3) is 4.55. The van der Waals surface area contributed by atoms with E-state index in [-0.39, 0.29) is 24.2 Å². The van der Waals surface area contributed by atoms with E-state index in [0.29, 0.717) is 27.7 Å². The van der Waals surface area contributed by atoms with Gasteiger partial charge in [-0.3, -0.25) is 9.59 Å². The van der Waals surface area contributed by atoms with Gasteiger partial charge in [0.1, 0.15) is 5.75 Å². The summed E-state index contributed by atoms with van der Waals surface area (Å²) in [7, 11) is 1.56. The summed E-state index contributed by atoms with van der Waals surface area (Å²) < 4.78 is 5.28. The van der Waals surface area contributed by atoms with Gasteiger partial charge in [-0.1, -0.05) is 17.7 Å². The highest BCUT2D eigenvalue weighted by Gasteiger charge is 2.29. The Balaban J connectivity index is 1.70. The topological polar surface area (TPSA) is 67.4 Å². The number of carbonyl (C=O) groups excluding carboxylic acids is 2. The van der Waals surface area contributed by atoms with Crippen LogP contribution in [0.5, 0.6) is 5.75 Å². The number of carbonyl (C=O) groups is 2. The number of nitrogens with one attached hydrogen (secondary N) is 2. The summed E-state index contributed by atoms with van der Waals surface area (Å²) in [5, 5.41) is 6.34. The van der Waals surface area contributed by atoms with Gasteiger partial charge in [0, 0.05) is 27.9 Å². The quantitative estimate of drug-likeness (QED) is 0.799. The minimum atomic E-state index is -0.181. The minimum Gasteiger partial charge on any atom is -0.496 e. The Morgan fingerprint density at radius 3 is 2.62 bits per heavy atom. The summed E-state index contributed by atoms with van der Waals surface area (Å²) in [6.45, 7) is 1.90. The van der Waals surface area contributed by atoms with Crippen molar-refractivity contribution in [1.82, 2.24) is 0 Å². The maximum Gasteiger partial charge on any atom is 0.228 e. The fraction of sp³-hybridized carbons (Fsp3) is 0.300. The number of hydrogen-bond acceptors (Lipinski definition) is 3. The van der Waals surface area contributed by atoms with E-state index in [9.17, 15) is 9.59 Å². The molecular weight excluding hydrogens is 352 g/mol. The number of aryl methyl sites for hydroxylation is 1. The Morgan fingerprint density at radius 2 is 1.92 bits per heavy atom. The molecule has 0 heterocycles. The van der Waals surface area contributed by atoms with E-state index >= 15 is 0 Å². The fourth-order valence-corrected chi connectivity index (χ4v) is 2.87. The molecule has 6 heteroatoms. The molecule has 1 aliphatic carbocycles. The zero-order valence-electron chi connectivity index (χ0n) is 14.8. The van der Waals surface area contributed by atoms with Crippen molar-refractivity contribution in [3.8, 4) is 5.75 Å². The van der Waals surface area contributed by atoms with Crippen LogP contribution in [0, 0.1) is 12.8 Å². The van der Waals surface area contributed by atoms with Crippen LogP contribution in [0.1, 0.15) is 24.0 Å². The van der Waals surface area contributed by atoms with Gasteiger partial charge >= 0.3 is 0 Å². The number of methoxy groups -OCH3 is 1. The molecule has 1 saturated carbocycles. The molecule has 1 fully saturated rings. The molecule has 26 heavy (non-hydrogen) atoms. The largest absolute Gasteiger partial charge is 0.496 e. The number of amides is 2. The summed E-state index contributed by atoms with van der Waals surface area (Å²) in [6.07, 6.45) is 2.04. The van der Waals surface area contributed by atoms with Crippen LogP contribution in [0.4, 0.5) is 11.4 Å². The summed E-state index contributed by atoms with van der Waals surface area (Å²) in [5.74, 6) is 0.602. The Bertz CT molecular complexity index is 847. The molecule has 2 aromatic rings. The number of benzene rings is 2. The monoisotopic (exact) mass is 372 g/mol. The van der Waals surface area contributed by atoms with E-state index in [1.165, 1.54) is 0 Å². The first kappa shape index (κ1) is 18.3. The predicted octanol–water partition coefficient (Wildman–Crippen LogP) is 4.19. The standard InChI is InChI=1S/C20H21ClN2O3/c1-12-3-7-16(22-20(25)13-4-5-13)11-17(12)23-19(24)10-14-9-15(21)6-8-18(14)26-2/h3,6-9,11,13H,4-5,10H2,1-2H3,(H,22,25)(H,23,24). The van der Waals surface area contributed by atoms with E-state index in [1.807, 2.05) is 19.1 Å². The molecule has 0 atom stereocenters.